The topological polar surface area (TPSA) is 21.3 Å². The third-order valence-electron chi connectivity index (χ3n) is 4.00. The van der Waals surface area contributed by atoms with Gasteiger partial charge in [0.25, 0.3) is 0 Å². The molecule has 1 N–H and O–H groups in total. The Bertz CT molecular complexity index is 464. The molecule has 1 aromatic rings. The van der Waals surface area contributed by atoms with Gasteiger partial charge in [-0.1, -0.05) is 13.8 Å². The minimum atomic E-state index is -0.499. The molecule has 1 fully saturated rings. The first-order valence-electron chi connectivity index (χ1n) is 7.35. The molecule has 2 nitrogen and oxygen atoms in total. The van der Waals surface area contributed by atoms with Crippen LogP contribution in [-0.4, -0.2) is 19.3 Å². The van der Waals surface area contributed by atoms with Gasteiger partial charge in [-0.05, 0) is 43.9 Å². The van der Waals surface area contributed by atoms with Gasteiger partial charge in [0.15, 0.2) is 0 Å². The van der Waals surface area contributed by atoms with Gasteiger partial charge in [0.05, 0.1) is 12.1 Å². The Labute approximate surface area is 119 Å². The van der Waals surface area contributed by atoms with Gasteiger partial charge < -0.3 is 10.1 Å². The van der Waals surface area contributed by atoms with Crippen LogP contribution in [0.3, 0.4) is 0 Å². The van der Waals surface area contributed by atoms with E-state index in [2.05, 4.69) is 19.2 Å². The van der Waals surface area contributed by atoms with Crippen LogP contribution >= 0.6 is 0 Å². The number of hydrogen-bond donors (Lipinski definition) is 1. The van der Waals surface area contributed by atoms with Gasteiger partial charge in [-0.15, -0.1) is 0 Å². The second kappa shape index (κ2) is 6.64. The highest BCUT2D eigenvalue weighted by Gasteiger charge is 2.34. The fourth-order valence-corrected chi connectivity index (χ4v) is 2.76. The van der Waals surface area contributed by atoms with E-state index in [9.17, 15) is 8.78 Å². The Balaban J connectivity index is 2.32. The maximum atomic E-state index is 14.2. The lowest BCUT2D eigenvalue weighted by atomic mass is 9.91. The Hall–Kier alpha value is -1.00. The summed E-state index contributed by atoms with van der Waals surface area (Å²) in [5.74, 6) is -0.626. The summed E-state index contributed by atoms with van der Waals surface area (Å²) < 4.78 is 33.4. The average molecular weight is 283 g/mol. The molecule has 20 heavy (non-hydrogen) atoms. The SMILES string of the molecule is CCCNC(c1cc(C)c(F)cc1F)C1OCCC1C. The van der Waals surface area contributed by atoms with Crippen molar-refractivity contribution < 1.29 is 13.5 Å². The van der Waals surface area contributed by atoms with Gasteiger partial charge >= 0.3 is 0 Å². The number of benzene rings is 1. The number of halogens is 2. The fourth-order valence-electron chi connectivity index (χ4n) is 2.76. The fraction of sp³-hybridized carbons (Fsp3) is 0.625. The maximum absolute atomic E-state index is 14.2. The van der Waals surface area contributed by atoms with E-state index in [1.54, 1.807) is 13.0 Å². The minimum Gasteiger partial charge on any atom is -0.376 e. The average Bonchev–Trinajstić information content (AvgIpc) is 2.82. The lowest BCUT2D eigenvalue weighted by Crippen LogP contribution is -2.36. The Morgan fingerprint density at radius 1 is 1.35 bits per heavy atom. The van der Waals surface area contributed by atoms with E-state index in [4.69, 9.17) is 4.74 Å². The first-order valence-corrected chi connectivity index (χ1v) is 7.35. The van der Waals surface area contributed by atoms with Crippen LogP contribution in [-0.2, 0) is 4.74 Å². The number of rotatable bonds is 5. The Morgan fingerprint density at radius 3 is 2.70 bits per heavy atom. The Kier molecular flexibility index (Phi) is 5.11. The van der Waals surface area contributed by atoms with E-state index in [-0.39, 0.29) is 12.1 Å². The lowest BCUT2D eigenvalue weighted by Gasteiger charge is -2.28. The second-order valence-electron chi connectivity index (χ2n) is 5.66. The van der Waals surface area contributed by atoms with E-state index in [1.807, 2.05) is 0 Å². The molecule has 1 aliphatic rings. The Morgan fingerprint density at radius 2 is 2.10 bits per heavy atom. The van der Waals surface area contributed by atoms with Gasteiger partial charge in [0.1, 0.15) is 11.6 Å². The minimum absolute atomic E-state index is 0.0547. The normalized spacial score (nSPS) is 24.1. The van der Waals surface area contributed by atoms with Gasteiger partial charge in [0.2, 0.25) is 0 Å². The van der Waals surface area contributed by atoms with Crippen molar-refractivity contribution in [2.45, 2.75) is 45.8 Å². The standard InChI is InChI=1S/C16H23F2NO/c1-4-6-19-15(16-10(2)5-7-20-16)12-8-11(3)13(17)9-14(12)18/h8-10,15-16,19H,4-7H2,1-3H3. The highest BCUT2D eigenvalue weighted by molar-refractivity contribution is 5.29. The van der Waals surface area contributed by atoms with Crippen LogP contribution in [0.15, 0.2) is 12.1 Å². The van der Waals surface area contributed by atoms with Crippen LogP contribution in [0.2, 0.25) is 0 Å². The van der Waals surface area contributed by atoms with Crippen molar-refractivity contribution in [3.63, 3.8) is 0 Å². The van der Waals surface area contributed by atoms with E-state index in [0.29, 0.717) is 23.7 Å². The summed E-state index contributed by atoms with van der Waals surface area (Å²) in [5.41, 5.74) is 0.978. The van der Waals surface area contributed by atoms with Crippen LogP contribution in [0.25, 0.3) is 0 Å². The zero-order valence-electron chi connectivity index (χ0n) is 12.4. The van der Waals surface area contributed by atoms with E-state index >= 15 is 0 Å². The van der Waals surface area contributed by atoms with Crippen LogP contribution in [0.1, 0.15) is 43.9 Å². The summed E-state index contributed by atoms with van der Waals surface area (Å²) in [5, 5.41) is 3.36. The van der Waals surface area contributed by atoms with Crippen molar-refractivity contribution >= 4 is 0 Å². The van der Waals surface area contributed by atoms with Crippen molar-refractivity contribution in [2.75, 3.05) is 13.2 Å². The molecule has 112 valence electrons. The molecule has 1 heterocycles. The van der Waals surface area contributed by atoms with Crippen LogP contribution < -0.4 is 5.32 Å². The highest BCUT2D eigenvalue weighted by atomic mass is 19.1. The molecule has 0 saturated carbocycles. The third-order valence-corrected chi connectivity index (χ3v) is 4.00. The number of hydrogen-bond acceptors (Lipinski definition) is 2. The summed E-state index contributed by atoms with van der Waals surface area (Å²) in [4.78, 5) is 0. The van der Waals surface area contributed by atoms with E-state index in [1.165, 1.54) is 0 Å². The smallest absolute Gasteiger partial charge is 0.131 e. The van der Waals surface area contributed by atoms with Crippen LogP contribution in [0.4, 0.5) is 8.78 Å². The summed E-state index contributed by atoms with van der Waals surface area (Å²) in [6, 6.07) is 2.36. The first-order chi connectivity index (χ1) is 9.54. The summed E-state index contributed by atoms with van der Waals surface area (Å²) in [7, 11) is 0. The predicted octanol–water partition coefficient (Wildman–Crippen LogP) is 3.74. The van der Waals surface area contributed by atoms with Gasteiger partial charge in [0, 0.05) is 18.2 Å². The monoisotopic (exact) mass is 283 g/mol. The third kappa shape index (κ3) is 3.18. The maximum Gasteiger partial charge on any atom is 0.131 e. The highest BCUT2D eigenvalue weighted by Crippen LogP contribution is 2.33. The number of ether oxygens (including phenoxy) is 1. The van der Waals surface area contributed by atoms with Gasteiger partial charge in [-0.3, -0.25) is 0 Å². The quantitative estimate of drug-likeness (QED) is 0.889. The number of nitrogens with one attached hydrogen (secondary N) is 1. The molecule has 1 saturated heterocycles. The molecule has 1 aliphatic heterocycles. The molecular weight excluding hydrogens is 260 g/mol. The summed E-state index contributed by atoms with van der Waals surface area (Å²) in [6.45, 7) is 7.33. The number of aryl methyl sites for hydroxylation is 1. The van der Waals surface area contributed by atoms with Crippen molar-refractivity contribution in [2.24, 2.45) is 5.92 Å². The molecule has 0 aromatic heterocycles. The first kappa shape index (κ1) is 15.4. The molecule has 1 aromatic carbocycles. The van der Waals surface area contributed by atoms with E-state index < -0.39 is 11.6 Å². The molecule has 0 spiro atoms. The van der Waals surface area contributed by atoms with Crippen molar-refractivity contribution in [3.8, 4) is 0 Å². The molecule has 0 amide bonds. The van der Waals surface area contributed by atoms with E-state index in [0.717, 1.165) is 25.5 Å². The molecule has 3 unspecified atom stereocenters. The lowest BCUT2D eigenvalue weighted by molar-refractivity contribution is 0.0595. The molecule has 0 bridgehead atoms. The molecular formula is C16H23F2NO. The summed E-state index contributed by atoms with van der Waals surface area (Å²) >= 11 is 0. The van der Waals surface area contributed by atoms with Crippen LogP contribution in [0, 0.1) is 24.5 Å². The van der Waals surface area contributed by atoms with Crippen molar-refractivity contribution in [1.82, 2.24) is 5.32 Å². The predicted molar refractivity (Wildman–Crippen MR) is 75.7 cm³/mol. The van der Waals surface area contributed by atoms with Crippen molar-refractivity contribution in [1.29, 1.82) is 0 Å². The molecule has 3 atom stereocenters. The molecule has 0 radical (unpaired) electrons. The van der Waals surface area contributed by atoms with Crippen LogP contribution in [0.5, 0.6) is 0 Å². The largest absolute Gasteiger partial charge is 0.376 e. The molecule has 2 rings (SSSR count). The van der Waals surface area contributed by atoms with Crippen molar-refractivity contribution in [3.05, 3.63) is 34.9 Å². The molecule has 4 heteroatoms. The second-order valence-corrected chi connectivity index (χ2v) is 5.66. The van der Waals surface area contributed by atoms with Gasteiger partial charge in [-0.2, -0.15) is 0 Å². The zero-order chi connectivity index (χ0) is 14.7. The molecule has 0 aliphatic carbocycles. The van der Waals surface area contributed by atoms with Gasteiger partial charge in [-0.25, -0.2) is 8.78 Å². The summed E-state index contributed by atoms with van der Waals surface area (Å²) in [6.07, 6.45) is 1.89. The zero-order valence-corrected chi connectivity index (χ0v) is 12.4.